The highest BCUT2D eigenvalue weighted by molar-refractivity contribution is 7.99. The minimum absolute atomic E-state index is 0.219. The van der Waals surface area contributed by atoms with Gasteiger partial charge in [-0.1, -0.05) is 109 Å². The van der Waals surface area contributed by atoms with Gasteiger partial charge in [-0.25, -0.2) is 9.68 Å². The maximum absolute atomic E-state index is 12.2. The lowest BCUT2D eigenvalue weighted by atomic mass is 10.1. The largest absolute Gasteiger partial charge is 0.497 e. The molecule has 0 saturated heterocycles. The Morgan fingerprint density at radius 3 is 1.89 bits per heavy atom. The van der Waals surface area contributed by atoms with Crippen molar-refractivity contribution in [3.8, 4) is 0 Å². The van der Waals surface area contributed by atoms with Crippen LogP contribution in [0.4, 0.5) is 0 Å². The average molecular weight is 538 g/mol. The molecule has 0 aliphatic rings. The minimum atomic E-state index is -2.02. The van der Waals surface area contributed by atoms with E-state index in [0.29, 0.717) is 6.42 Å². The zero-order valence-electron chi connectivity index (χ0n) is 23.2. The summed E-state index contributed by atoms with van der Waals surface area (Å²) in [5, 5.41) is 0.238. The van der Waals surface area contributed by atoms with Crippen LogP contribution in [0.1, 0.15) is 130 Å². The van der Waals surface area contributed by atoms with Gasteiger partial charge in [-0.15, -0.1) is 4.89 Å². The normalized spacial score (nSPS) is 15.1. The average Bonchev–Trinajstić information content (AvgIpc) is 2.88. The maximum atomic E-state index is 12.2. The first-order chi connectivity index (χ1) is 17.0. The third-order valence-corrected chi connectivity index (χ3v) is 8.38. The van der Waals surface area contributed by atoms with Gasteiger partial charge in [0, 0.05) is 5.25 Å². The van der Waals surface area contributed by atoms with E-state index in [1.54, 1.807) is 0 Å². The van der Waals surface area contributed by atoms with Crippen molar-refractivity contribution < 1.29 is 28.6 Å². The van der Waals surface area contributed by atoms with Crippen molar-refractivity contribution in [3.05, 3.63) is 0 Å². The molecular formula is C27H54O6PS+. The summed E-state index contributed by atoms with van der Waals surface area (Å²) < 4.78 is 22.1. The summed E-state index contributed by atoms with van der Waals surface area (Å²) in [5.74, 6) is 0.242. The van der Waals surface area contributed by atoms with Crippen LogP contribution in [0.3, 0.4) is 0 Å². The van der Waals surface area contributed by atoms with Crippen molar-refractivity contribution in [1.82, 2.24) is 0 Å². The smallest absolute Gasteiger partial charge is 0.461 e. The quantitative estimate of drug-likeness (QED) is 0.0273. The summed E-state index contributed by atoms with van der Waals surface area (Å²) in [6.07, 6.45) is 19.4. The number of hydrogen-bond acceptors (Lipinski definition) is 7. The van der Waals surface area contributed by atoms with Gasteiger partial charge in [-0.05, 0) is 31.9 Å². The molecule has 4 unspecified atom stereocenters. The number of ether oxygens (including phenoxy) is 2. The molecule has 0 saturated carbocycles. The first-order valence-corrected chi connectivity index (χ1v) is 16.0. The fraction of sp³-hybridized carbons (Fsp3) is 0.963. The van der Waals surface area contributed by atoms with E-state index < -0.39 is 20.0 Å². The van der Waals surface area contributed by atoms with Crippen LogP contribution in [-0.4, -0.2) is 42.3 Å². The fourth-order valence-corrected chi connectivity index (χ4v) is 5.59. The molecule has 0 aliphatic carbocycles. The Kier molecular flexibility index (Phi) is 24.0. The Balaban J connectivity index is 4.67. The molecule has 0 heterocycles. The fourth-order valence-electron chi connectivity index (χ4n) is 3.84. The predicted octanol–water partition coefficient (Wildman–Crippen LogP) is 8.59. The topological polar surface area (TPSA) is 71.1 Å². The first-order valence-electron chi connectivity index (χ1n) is 14.1. The molecule has 208 valence electrons. The van der Waals surface area contributed by atoms with Crippen LogP contribution in [-0.2, 0) is 28.6 Å². The standard InChI is InChI=1S/C27H53O6PS/c1-6-9-11-13-14-15-16-18-20-23-35-25(21-19-17-12-10-7-2)24(4)32-33-27(34-29,26(28)30-5)31-22-8-3/h24-25H,6-23H2,1-5H3/p+1. The summed E-state index contributed by atoms with van der Waals surface area (Å²) >= 11 is 1.92. The van der Waals surface area contributed by atoms with Crippen LogP contribution in [0.25, 0.3) is 0 Å². The molecule has 6 nitrogen and oxygen atoms in total. The van der Waals surface area contributed by atoms with Crippen LogP contribution >= 0.6 is 20.2 Å². The van der Waals surface area contributed by atoms with Gasteiger partial charge in [0.2, 0.25) is 0 Å². The summed E-state index contributed by atoms with van der Waals surface area (Å²) in [4.78, 5) is 23.3. The van der Waals surface area contributed by atoms with Crippen molar-refractivity contribution >= 4 is 26.2 Å². The van der Waals surface area contributed by atoms with Crippen LogP contribution in [0.15, 0.2) is 0 Å². The number of hydrogen-bond donors (Lipinski definition) is 0. The SMILES string of the molecule is CCCCCCCCCCCSC(CCCCCCC)C(C)OOC(OCCC)([PH+]=O)C(=O)OC. The van der Waals surface area contributed by atoms with Crippen molar-refractivity contribution in [2.24, 2.45) is 0 Å². The Morgan fingerprint density at radius 2 is 1.37 bits per heavy atom. The molecule has 0 rings (SSSR count). The Labute approximate surface area is 221 Å². The van der Waals surface area contributed by atoms with E-state index in [-0.39, 0.29) is 18.0 Å². The van der Waals surface area contributed by atoms with Crippen LogP contribution in [0.5, 0.6) is 0 Å². The minimum Gasteiger partial charge on any atom is -0.461 e. The maximum Gasteiger partial charge on any atom is 0.497 e. The lowest BCUT2D eigenvalue weighted by molar-refractivity contribution is -0.402. The zero-order chi connectivity index (χ0) is 26.2. The number of thioether (sulfide) groups is 1. The highest BCUT2D eigenvalue weighted by Crippen LogP contribution is 2.32. The van der Waals surface area contributed by atoms with Crippen LogP contribution in [0.2, 0.25) is 0 Å². The van der Waals surface area contributed by atoms with Gasteiger partial charge in [-0.2, -0.15) is 11.8 Å². The Morgan fingerprint density at radius 1 is 0.829 bits per heavy atom. The van der Waals surface area contributed by atoms with Gasteiger partial charge in [0.1, 0.15) is 6.10 Å². The van der Waals surface area contributed by atoms with Crippen molar-refractivity contribution in [1.29, 1.82) is 0 Å². The van der Waals surface area contributed by atoms with E-state index in [2.05, 4.69) is 13.8 Å². The van der Waals surface area contributed by atoms with Crippen LogP contribution in [0, 0.1) is 0 Å². The number of esters is 1. The van der Waals surface area contributed by atoms with E-state index >= 15 is 0 Å². The number of unbranched alkanes of at least 4 members (excludes halogenated alkanes) is 12. The summed E-state index contributed by atoms with van der Waals surface area (Å²) in [5.41, 5.74) is -2.02. The van der Waals surface area contributed by atoms with Crippen molar-refractivity contribution in [2.45, 2.75) is 147 Å². The highest BCUT2D eigenvalue weighted by atomic mass is 32.2. The monoisotopic (exact) mass is 537 g/mol. The van der Waals surface area contributed by atoms with E-state index in [9.17, 15) is 9.36 Å². The van der Waals surface area contributed by atoms with Gasteiger partial charge in [0.25, 0.3) is 0 Å². The predicted molar refractivity (Wildman–Crippen MR) is 148 cm³/mol. The molecule has 4 atom stereocenters. The molecule has 0 fully saturated rings. The molecule has 0 amide bonds. The van der Waals surface area contributed by atoms with E-state index in [1.165, 1.54) is 90.6 Å². The Bertz CT molecular complexity index is 510. The molecule has 0 aromatic heterocycles. The second-order valence-corrected chi connectivity index (χ2v) is 11.6. The first kappa shape index (κ1) is 34.8. The van der Waals surface area contributed by atoms with Crippen molar-refractivity contribution in [2.75, 3.05) is 19.5 Å². The van der Waals surface area contributed by atoms with E-state index in [4.69, 9.17) is 19.2 Å². The molecule has 0 aromatic rings. The molecule has 0 bridgehead atoms. The van der Waals surface area contributed by atoms with Gasteiger partial charge >= 0.3 is 20.0 Å². The lowest BCUT2D eigenvalue weighted by Crippen LogP contribution is -2.42. The van der Waals surface area contributed by atoms with Gasteiger partial charge in [0.05, 0.1) is 13.7 Å². The summed E-state index contributed by atoms with van der Waals surface area (Å²) in [6.45, 7) is 8.55. The molecule has 0 aliphatic heterocycles. The van der Waals surface area contributed by atoms with E-state index in [1.807, 2.05) is 25.6 Å². The molecule has 35 heavy (non-hydrogen) atoms. The second-order valence-electron chi connectivity index (χ2n) is 9.38. The number of rotatable bonds is 26. The van der Waals surface area contributed by atoms with E-state index in [0.717, 1.165) is 18.6 Å². The van der Waals surface area contributed by atoms with Crippen molar-refractivity contribution in [3.63, 3.8) is 0 Å². The van der Waals surface area contributed by atoms with Gasteiger partial charge < -0.3 is 4.74 Å². The molecule has 0 N–H and O–H groups in total. The molecular weight excluding hydrogens is 483 g/mol. The number of carbonyl (C=O) groups excluding carboxylic acids is 1. The molecule has 8 heteroatoms. The van der Waals surface area contributed by atoms with Crippen LogP contribution < -0.4 is 0 Å². The van der Waals surface area contributed by atoms with Gasteiger partial charge in [0.15, 0.2) is 0 Å². The van der Waals surface area contributed by atoms with Gasteiger partial charge in [-0.3, -0.25) is 4.74 Å². The molecule has 0 spiro atoms. The third-order valence-electron chi connectivity index (χ3n) is 6.11. The highest BCUT2D eigenvalue weighted by Gasteiger charge is 2.55. The molecule has 0 radical (unpaired) electrons. The summed E-state index contributed by atoms with van der Waals surface area (Å²) in [7, 11) is 0.0307. The number of methoxy groups -OCH3 is 1. The zero-order valence-corrected chi connectivity index (χ0v) is 25.1. The second kappa shape index (κ2) is 24.2. The number of carbonyl (C=O) groups is 1. The Hall–Kier alpha value is -0.200. The lowest BCUT2D eigenvalue weighted by Gasteiger charge is -2.25. The third kappa shape index (κ3) is 17.0. The summed E-state index contributed by atoms with van der Waals surface area (Å²) in [6, 6.07) is 0. The molecule has 0 aromatic carbocycles.